The molecule has 0 unspecified atom stereocenters. The van der Waals surface area contributed by atoms with Crippen molar-refractivity contribution in [3.05, 3.63) is 126 Å². The van der Waals surface area contributed by atoms with E-state index in [9.17, 15) is 0 Å². The van der Waals surface area contributed by atoms with Crippen molar-refractivity contribution in [1.82, 2.24) is 4.98 Å². The number of benzene rings is 4. The zero-order valence-corrected chi connectivity index (χ0v) is 17.6. The van der Waals surface area contributed by atoms with Gasteiger partial charge in [-0.3, -0.25) is 0 Å². The average Bonchev–Trinajstić information content (AvgIpc) is 2.85. The zero-order valence-electron chi connectivity index (χ0n) is 16.9. The van der Waals surface area contributed by atoms with Gasteiger partial charge in [0.05, 0.1) is 11.4 Å². The monoisotopic (exact) mass is 417 g/mol. The van der Waals surface area contributed by atoms with Crippen molar-refractivity contribution < 1.29 is 0 Å². The van der Waals surface area contributed by atoms with Crippen molar-refractivity contribution in [2.45, 2.75) is 0 Å². The Bertz CT molecular complexity index is 1290. The molecule has 0 saturated heterocycles. The third-order valence-corrected chi connectivity index (χ3v) is 5.64. The van der Waals surface area contributed by atoms with Crippen LogP contribution < -0.4 is 0 Å². The Morgan fingerprint density at radius 1 is 0.419 bits per heavy atom. The van der Waals surface area contributed by atoms with Crippen LogP contribution in [0, 0.1) is 0 Å². The first-order valence-corrected chi connectivity index (χ1v) is 10.6. The Morgan fingerprint density at radius 3 is 1.55 bits per heavy atom. The van der Waals surface area contributed by atoms with Gasteiger partial charge in [0, 0.05) is 21.7 Å². The summed E-state index contributed by atoms with van der Waals surface area (Å²) in [7, 11) is 0. The van der Waals surface area contributed by atoms with Crippen LogP contribution in [0.1, 0.15) is 0 Å². The van der Waals surface area contributed by atoms with Gasteiger partial charge in [0.2, 0.25) is 0 Å². The molecule has 0 N–H and O–H groups in total. The molecular weight excluding hydrogens is 398 g/mol. The number of rotatable bonds is 4. The van der Waals surface area contributed by atoms with Gasteiger partial charge in [-0.2, -0.15) is 0 Å². The Morgan fingerprint density at radius 2 is 0.935 bits per heavy atom. The van der Waals surface area contributed by atoms with E-state index in [1.54, 1.807) is 0 Å². The number of halogens is 1. The summed E-state index contributed by atoms with van der Waals surface area (Å²) < 4.78 is 0. The van der Waals surface area contributed by atoms with E-state index in [2.05, 4.69) is 72.8 Å². The molecule has 1 heterocycles. The van der Waals surface area contributed by atoms with Crippen LogP contribution in [0.15, 0.2) is 121 Å². The molecule has 0 amide bonds. The van der Waals surface area contributed by atoms with Crippen LogP contribution in [0.25, 0.3) is 44.8 Å². The van der Waals surface area contributed by atoms with Gasteiger partial charge >= 0.3 is 0 Å². The first kappa shape index (κ1) is 19.3. The highest BCUT2D eigenvalue weighted by Crippen LogP contribution is 2.34. The molecule has 0 radical (unpaired) electrons. The summed E-state index contributed by atoms with van der Waals surface area (Å²) in [6.07, 6.45) is 0. The number of hydrogen-bond donors (Lipinski definition) is 0. The smallest absolute Gasteiger partial charge is 0.0787 e. The van der Waals surface area contributed by atoms with Crippen molar-refractivity contribution in [2.24, 2.45) is 0 Å². The van der Waals surface area contributed by atoms with Gasteiger partial charge in [-0.05, 0) is 34.9 Å². The van der Waals surface area contributed by atoms with Crippen molar-refractivity contribution in [3.63, 3.8) is 0 Å². The third kappa shape index (κ3) is 4.14. The highest BCUT2D eigenvalue weighted by Gasteiger charge is 2.12. The summed E-state index contributed by atoms with van der Waals surface area (Å²) in [4.78, 5) is 5.07. The first-order valence-electron chi connectivity index (χ1n) is 10.3. The fraction of sp³-hybridized carbons (Fsp3) is 0. The highest BCUT2D eigenvalue weighted by molar-refractivity contribution is 6.30. The highest BCUT2D eigenvalue weighted by atomic mass is 35.5. The summed E-state index contributed by atoms with van der Waals surface area (Å²) in [5, 5.41) is 0.748. The minimum atomic E-state index is 0.748. The molecule has 148 valence electrons. The summed E-state index contributed by atoms with van der Waals surface area (Å²) in [5.74, 6) is 0. The Kier molecular flexibility index (Phi) is 5.35. The lowest BCUT2D eigenvalue weighted by molar-refractivity contribution is 1.32. The van der Waals surface area contributed by atoms with Crippen LogP contribution in [-0.4, -0.2) is 4.98 Å². The number of nitrogens with zero attached hydrogens (tertiary/aromatic N) is 1. The molecular formula is C29H20ClN. The van der Waals surface area contributed by atoms with Crippen LogP contribution >= 0.6 is 11.6 Å². The molecule has 1 aromatic heterocycles. The lowest BCUT2D eigenvalue weighted by Crippen LogP contribution is -1.93. The standard InChI is InChI=1S/C29H20ClN/c30-26-17-15-22(16-18-26)21-11-13-23(14-12-21)27-19-20-28(24-7-3-1-4-8-24)31-29(27)25-9-5-2-6-10-25/h1-20H. The van der Waals surface area contributed by atoms with Gasteiger partial charge in [0.1, 0.15) is 0 Å². The van der Waals surface area contributed by atoms with Gasteiger partial charge in [-0.1, -0.05) is 115 Å². The zero-order chi connectivity index (χ0) is 21.0. The summed E-state index contributed by atoms with van der Waals surface area (Å²) in [5.41, 5.74) is 8.76. The third-order valence-electron chi connectivity index (χ3n) is 5.39. The summed E-state index contributed by atoms with van der Waals surface area (Å²) in [6, 6.07) is 41.5. The second-order valence-electron chi connectivity index (χ2n) is 7.41. The Balaban J connectivity index is 1.59. The van der Waals surface area contributed by atoms with Crippen molar-refractivity contribution in [2.75, 3.05) is 0 Å². The second kappa shape index (κ2) is 8.59. The summed E-state index contributed by atoms with van der Waals surface area (Å²) in [6.45, 7) is 0. The van der Waals surface area contributed by atoms with Crippen LogP contribution in [0.2, 0.25) is 5.02 Å². The fourth-order valence-corrected chi connectivity index (χ4v) is 3.89. The predicted molar refractivity (Wildman–Crippen MR) is 131 cm³/mol. The van der Waals surface area contributed by atoms with Gasteiger partial charge in [-0.25, -0.2) is 4.98 Å². The fourth-order valence-electron chi connectivity index (χ4n) is 3.76. The van der Waals surface area contributed by atoms with Crippen LogP contribution in [0.4, 0.5) is 0 Å². The van der Waals surface area contributed by atoms with Crippen molar-refractivity contribution in [1.29, 1.82) is 0 Å². The topological polar surface area (TPSA) is 12.9 Å². The van der Waals surface area contributed by atoms with E-state index in [0.717, 1.165) is 49.8 Å². The van der Waals surface area contributed by atoms with Gasteiger partial charge < -0.3 is 0 Å². The molecule has 1 nitrogen and oxygen atoms in total. The van der Waals surface area contributed by atoms with E-state index in [1.165, 1.54) is 0 Å². The van der Waals surface area contributed by atoms with Crippen LogP contribution in [0.3, 0.4) is 0 Å². The molecule has 0 spiro atoms. The molecule has 0 aliphatic carbocycles. The molecule has 2 heteroatoms. The largest absolute Gasteiger partial charge is 0.247 e. The lowest BCUT2D eigenvalue weighted by atomic mass is 9.96. The average molecular weight is 418 g/mol. The van der Waals surface area contributed by atoms with E-state index in [-0.39, 0.29) is 0 Å². The van der Waals surface area contributed by atoms with Crippen molar-refractivity contribution >= 4 is 11.6 Å². The quantitative estimate of drug-likeness (QED) is 0.286. The molecule has 4 aromatic carbocycles. The molecule has 0 aliphatic heterocycles. The maximum absolute atomic E-state index is 6.03. The molecule has 5 aromatic rings. The minimum absolute atomic E-state index is 0.748. The molecule has 0 bridgehead atoms. The number of hydrogen-bond acceptors (Lipinski definition) is 1. The maximum Gasteiger partial charge on any atom is 0.0787 e. The number of aromatic nitrogens is 1. The Hall–Kier alpha value is -3.68. The Labute approximate surface area is 187 Å². The molecule has 5 rings (SSSR count). The van der Waals surface area contributed by atoms with Crippen LogP contribution in [0.5, 0.6) is 0 Å². The van der Waals surface area contributed by atoms with Gasteiger partial charge in [-0.15, -0.1) is 0 Å². The minimum Gasteiger partial charge on any atom is -0.247 e. The maximum atomic E-state index is 6.03. The van der Waals surface area contributed by atoms with E-state index < -0.39 is 0 Å². The first-order chi connectivity index (χ1) is 15.3. The number of pyridine rings is 1. The van der Waals surface area contributed by atoms with E-state index in [4.69, 9.17) is 16.6 Å². The van der Waals surface area contributed by atoms with E-state index in [0.29, 0.717) is 0 Å². The molecule has 0 saturated carbocycles. The molecule has 0 fully saturated rings. The molecule has 31 heavy (non-hydrogen) atoms. The van der Waals surface area contributed by atoms with Crippen LogP contribution in [-0.2, 0) is 0 Å². The van der Waals surface area contributed by atoms with Crippen molar-refractivity contribution in [3.8, 4) is 44.8 Å². The lowest BCUT2D eigenvalue weighted by Gasteiger charge is -2.13. The molecule has 0 aliphatic rings. The summed E-state index contributed by atoms with van der Waals surface area (Å²) >= 11 is 6.03. The van der Waals surface area contributed by atoms with Gasteiger partial charge in [0.25, 0.3) is 0 Å². The SMILES string of the molecule is Clc1ccc(-c2ccc(-c3ccc(-c4ccccc4)nc3-c3ccccc3)cc2)cc1. The predicted octanol–water partition coefficient (Wildman–Crippen LogP) is 8.40. The van der Waals surface area contributed by atoms with E-state index in [1.807, 2.05) is 48.5 Å². The molecule has 0 atom stereocenters. The van der Waals surface area contributed by atoms with E-state index >= 15 is 0 Å². The van der Waals surface area contributed by atoms with Gasteiger partial charge in [0.15, 0.2) is 0 Å². The normalized spacial score (nSPS) is 10.7. The second-order valence-corrected chi connectivity index (χ2v) is 7.85.